The van der Waals surface area contributed by atoms with Crippen LogP contribution in [0.25, 0.3) is 0 Å². The minimum atomic E-state index is 0.349. The number of nitrogens with one attached hydrogen (secondary N) is 1. The minimum Gasteiger partial charge on any atom is -0.388 e. The zero-order valence-electron chi connectivity index (χ0n) is 9.28. The lowest BCUT2D eigenvalue weighted by Gasteiger charge is -2.11. The van der Waals surface area contributed by atoms with E-state index in [0.717, 1.165) is 18.2 Å². The SMILES string of the molecule is NC(=S)c1ccc(NCC2CCCC2)cn1. The molecule has 2 rings (SSSR count). The lowest BCUT2D eigenvalue weighted by atomic mass is 10.1. The highest BCUT2D eigenvalue weighted by Crippen LogP contribution is 2.24. The summed E-state index contributed by atoms with van der Waals surface area (Å²) in [4.78, 5) is 4.54. The second-order valence-electron chi connectivity index (χ2n) is 4.33. The van der Waals surface area contributed by atoms with Gasteiger partial charge in [0.1, 0.15) is 4.99 Å². The molecule has 3 nitrogen and oxygen atoms in total. The number of nitrogens with two attached hydrogens (primary N) is 1. The third kappa shape index (κ3) is 2.92. The van der Waals surface area contributed by atoms with Gasteiger partial charge in [0, 0.05) is 6.54 Å². The average molecular weight is 235 g/mol. The normalized spacial score (nSPS) is 16.2. The Bertz CT molecular complexity index is 355. The van der Waals surface area contributed by atoms with Crippen LogP contribution in [0.4, 0.5) is 5.69 Å². The first-order chi connectivity index (χ1) is 7.75. The maximum atomic E-state index is 5.49. The summed E-state index contributed by atoms with van der Waals surface area (Å²) in [5, 5.41) is 3.41. The number of hydrogen-bond acceptors (Lipinski definition) is 3. The maximum Gasteiger partial charge on any atom is 0.122 e. The van der Waals surface area contributed by atoms with Gasteiger partial charge < -0.3 is 11.1 Å². The number of pyridine rings is 1. The summed E-state index contributed by atoms with van der Waals surface area (Å²) in [5.41, 5.74) is 7.22. The number of thiocarbonyl (C=S) groups is 1. The van der Waals surface area contributed by atoms with Gasteiger partial charge in [0.05, 0.1) is 17.6 Å². The quantitative estimate of drug-likeness (QED) is 0.786. The van der Waals surface area contributed by atoms with E-state index in [-0.39, 0.29) is 0 Å². The van der Waals surface area contributed by atoms with Crippen LogP contribution < -0.4 is 11.1 Å². The molecule has 0 aromatic carbocycles. The van der Waals surface area contributed by atoms with Gasteiger partial charge in [0.15, 0.2) is 0 Å². The van der Waals surface area contributed by atoms with Crippen molar-refractivity contribution >= 4 is 22.9 Å². The molecule has 0 saturated heterocycles. The molecule has 0 bridgehead atoms. The summed E-state index contributed by atoms with van der Waals surface area (Å²) in [6.45, 7) is 1.05. The van der Waals surface area contributed by atoms with Gasteiger partial charge in [0.2, 0.25) is 0 Å². The summed E-state index contributed by atoms with van der Waals surface area (Å²) in [5.74, 6) is 0.829. The van der Waals surface area contributed by atoms with Crippen LogP contribution >= 0.6 is 12.2 Å². The fraction of sp³-hybridized carbons (Fsp3) is 0.500. The first-order valence-corrected chi connectivity index (χ1v) is 6.16. The Balaban J connectivity index is 1.87. The Hall–Kier alpha value is -1.16. The molecule has 1 aromatic heterocycles. The van der Waals surface area contributed by atoms with Gasteiger partial charge in [-0.1, -0.05) is 25.1 Å². The molecule has 3 N–H and O–H groups in total. The topological polar surface area (TPSA) is 50.9 Å². The summed E-state index contributed by atoms with van der Waals surface area (Å²) < 4.78 is 0. The first-order valence-electron chi connectivity index (χ1n) is 5.75. The van der Waals surface area contributed by atoms with E-state index in [4.69, 9.17) is 18.0 Å². The zero-order valence-corrected chi connectivity index (χ0v) is 10.1. The lowest BCUT2D eigenvalue weighted by molar-refractivity contribution is 0.580. The number of hydrogen-bond donors (Lipinski definition) is 2. The van der Waals surface area contributed by atoms with E-state index in [1.165, 1.54) is 25.7 Å². The molecule has 0 amide bonds. The van der Waals surface area contributed by atoms with Crippen molar-refractivity contribution in [2.24, 2.45) is 11.7 Å². The van der Waals surface area contributed by atoms with Crippen LogP contribution in [0.1, 0.15) is 31.4 Å². The third-order valence-corrected chi connectivity index (χ3v) is 3.29. The molecule has 86 valence electrons. The molecular weight excluding hydrogens is 218 g/mol. The van der Waals surface area contributed by atoms with E-state index in [0.29, 0.717) is 10.7 Å². The van der Waals surface area contributed by atoms with Crippen LogP contribution in [0.5, 0.6) is 0 Å². The molecule has 1 aliphatic carbocycles. The molecule has 1 fully saturated rings. The molecule has 1 aromatic rings. The molecule has 1 heterocycles. The maximum absolute atomic E-state index is 5.49. The van der Waals surface area contributed by atoms with Crippen LogP contribution in [-0.2, 0) is 0 Å². The van der Waals surface area contributed by atoms with Gasteiger partial charge in [-0.25, -0.2) is 0 Å². The highest BCUT2D eigenvalue weighted by atomic mass is 32.1. The molecule has 0 radical (unpaired) electrons. The number of anilines is 1. The molecule has 0 aliphatic heterocycles. The smallest absolute Gasteiger partial charge is 0.122 e. The molecule has 0 spiro atoms. The summed E-state index contributed by atoms with van der Waals surface area (Å²) in [6.07, 6.45) is 7.26. The van der Waals surface area contributed by atoms with E-state index in [1.807, 2.05) is 12.1 Å². The Kier molecular flexibility index (Phi) is 3.72. The van der Waals surface area contributed by atoms with Crippen LogP contribution in [0, 0.1) is 5.92 Å². The number of aromatic nitrogens is 1. The van der Waals surface area contributed by atoms with Crippen LogP contribution in [-0.4, -0.2) is 16.5 Å². The van der Waals surface area contributed by atoms with Gasteiger partial charge in [-0.2, -0.15) is 0 Å². The van der Waals surface area contributed by atoms with Gasteiger partial charge in [-0.3, -0.25) is 4.98 Å². The standard InChI is InChI=1S/C12H17N3S/c13-12(16)11-6-5-10(8-15-11)14-7-9-3-1-2-4-9/h5-6,8-9,14H,1-4,7H2,(H2,13,16). The lowest BCUT2D eigenvalue weighted by Crippen LogP contribution is -2.13. The van der Waals surface area contributed by atoms with Crippen molar-refractivity contribution in [1.29, 1.82) is 0 Å². The Morgan fingerprint density at radius 1 is 1.44 bits per heavy atom. The van der Waals surface area contributed by atoms with E-state index in [2.05, 4.69) is 10.3 Å². The van der Waals surface area contributed by atoms with Crippen molar-refractivity contribution in [1.82, 2.24) is 4.98 Å². The second-order valence-corrected chi connectivity index (χ2v) is 4.77. The fourth-order valence-electron chi connectivity index (χ4n) is 2.12. The molecular formula is C12H17N3S. The van der Waals surface area contributed by atoms with Crippen molar-refractivity contribution in [3.05, 3.63) is 24.0 Å². The molecule has 0 atom stereocenters. The number of rotatable bonds is 4. The average Bonchev–Trinajstić information content (AvgIpc) is 2.80. The molecule has 1 aliphatic rings. The highest BCUT2D eigenvalue weighted by Gasteiger charge is 2.14. The molecule has 16 heavy (non-hydrogen) atoms. The van der Waals surface area contributed by atoms with Crippen molar-refractivity contribution in [3.8, 4) is 0 Å². The van der Waals surface area contributed by atoms with Crippen LogP contribution in [0.15, 0.2) is 18.3 Å². The third-order valence-electron chi connectivity index (χ3n) is 3.09. The molecule has 4 heteroatoms. The van der Waals surface area contributed by atoms with Gasteiger partial charge in [-0.05, 0) is 30.9 Å². The summed E-state index contributed by atoms with van der Waals surface area (Å²) in [6, 6.07) is 3.84. The van der Waals surface area contributed by atoms with Crippen molar-refractivity contribution in [3.63, 3.8) is 0 Å². The Labute approximate surface area is 101 Å². The summed E-state index contributed by atoms with van der Waals surface area (Å²) >= 11 is 4.85. The van der Waals surface area contributed by atoms with Gasteiger partial charge in [-0.15, -0.1) is 0 Å². The van der Waals surface area contributed by atoms with Gasteiger partial charge in [0.25, 0.3) is 0 Å². The highest BCUT2D eigenvalue weighted by molar-refractivity contribution is 7.80. The van der Waals surface area contributed by atoms with Crippen LogP contribution in [0.3, 0.4) is 0 Å². The fourth-order valence-corrected chi connectivity index (χ4v) is 2.24. The predicted molar refractivity (Wildman–Crippen MR) is 70.6 cm³/mol. The second kappa shape index (κ2) is 5.25. The van der Waals surface area contributed by atoms with E-state index in [1.54, 1.807) is 6.20 Å². The first kappa shape index (κ1) is 11.3. The zero-order chi connectivity index (χ0) is 11.4. The van der Waals surface area contributed by atoms with Crippen LogP contribution in [0.2, 0.25) is 0 Å². The van der Waals surface area contributed by atoms with E-state index in [9.17, 15) is 0 Å². The molecule has 1 saturated carbocycles. The predicted octanol–water partition coefficient (Wildman–Crippen LogP) is 2.32. The van der Waals surface area contributed by atoms with Gasteiger partial charge >= 0.3 is 0 Å². The van der Waals surface area contributed by atoms with Crippen molar-refractivity contribution in [2.75, 3.05) is 11.9 Å². The minimum absolute atomic E-state index is 0.349. The largest absolute Gasteiger partial charge is 0.388 e. The Morgan fingerprint density at radius 3 is 2.75 bits per heavy atom. The van der Waals surface area contributed by atoms with E-state index < -0.39 is 0 Å². The Morgan fingerprint density at radius 2 is 2.19 bits per heavy atom. The van der Waals surface area contributed by atoms with Crippen molar-refractivity contribution < 1.29 is 0 Å². The van der Waals surface area contributed by atoms with Crippen molar-refractivity contribution in [2.45, 2.75) is 25.7 Å². The molecule has 0 unspecified atom stereocenters. The summed E-state index contributed by atoms with van der Waals surface area (Å²) in [7, 11) is 0. The van der Waals surface area contributed by atoms with E-state index >= 15 is 0 Å². The number of nitrogens with zero attached hydrogens (tertiary/aromatic N) is 1. The monoisotopic (exact) mass is 235 g/mol.